The first-order valence-electron chi connectivity index (χ1n) is 17.7. The number of ether oxygens (including phenoxy) is 4. The number of aliphatic hydroxyl groups is 2. The van der Waals surface area contributed by atoms with E-state index in [0.717, 1.165) is 71.2 Å². The quantitative estimate of drug-likeness (QED) is 0.345. The molecule has 8 aliphatic rings. The van der Waals surface area contributed by atoms with E-state index >= 15 is 0 Å². The zero-order valence-corrected chi connectivity index (χ0v) is 28.2. The van der Waals surface area contributed by atoms with Crippen LogP contribution in [0.4, 0.5) is 0 Å². The summed E-state index contributed by atoms with van der Waals surface area (Å²) in [6, 6.07) is 13.0. The molecule has 12 nitrogen and oxygen atoms in total. The summed E-state index contributed by atoms with van der Waals surface area (Å²) in [5, 5.41) is 43.9. The van der Waals surface area contributed by atoms with Crippen LogP contribution in [0.15, 0.2) is 48.6 Å². The minimum Gasteiger partial charge on any atom is -0.493 e. The van der Waals surface area contributed by atoms with Gasteiger partial charge in [-0.2, -0.15) is 10.5 Å². The largest absolute Gasteiger partial charge is 0.493 e. The summed E-state index contributed by atoms with van der Waals surface area (Å²) in [5.74, 6) is 2.84. The Labute approximate surface area is 291 Å². The monoisotopic (exact) mass is 678 g/mol. The molecule has 2 aliphatic carbocycles. The average Bonchev–Trinajstić information content (AvgIpc) is 3.86. The highest BCUT2D eigenvalue weighted by atomic mass is 16.5. The van der Waals surface area contributed by atoms with Gasteiger partial charge in [-0.3, -0.25) is 10.9 Å². The summed E-state index contributed by atoms with van der Waals surface area (Å²) in [6.45, 7) is 3.01. The van der Waals surface area contributed by atoms with Crippen LogP contribution in [-0.2, 0) is 10.8 Å². The van der Waals surface area contributed by atoms with Crippen LogP contribution in [0, 0.1) is 34.5 Å². The Kier molecular flexibility index (Phi) is 7.45. The fourth-order valence-corrected chi connectivity index (χ4v) is 10.1. The first-order chi connectivity index (χ1) is 24.4. The summed E-state index contributed by atoms with van der Waals surface area (Å²) in [5.41, 5.74) is 10.9. The van der Waals surface area contributed by atoms with Gasteiger partial charge in [0.1, 0.15) is 12.2 Å². The van der Waals surface area contributed by atoms with E-state index in [-0.39, 0.29) is 47.0 Å². The SMILES string of the molecule is COc1ccc2c3c1OC1CC(O)C=CC31CCN1NCC(C#N)C21.COc1ccc2c3c1OC1CC(O)C=CC31CCN1NCC(C#N)C21. The standard InChI is InChI=1S/2C19H21N3O3/c2*1-24-14-3-2-13-16-18(14)25-15-8-12(23)4-5-19(15,16)6-7-22-17(13)11(9-20)10-21-22/h2*2-5,11-12,15,17,21,23H,6-8,10H2,1H3. The molecule has 0 radical (unpaired) electrons. The number of fused-ring (bicyclic) bond motifs is 4. The molecule has 260 valence electrons. The van der Waals surface area contributed by atoms with Gasteiger partial charge in [-0.05, 0) is 36.1 Å². The van der Waals surface area contributed by atoms with E-state index in [4.69, 9.17) is 18.9 Å². The minimum absolute atomic E-state index is 0.0200. The van der Waals surface area contributed by atoms with Crippen molar-refractivity contribution in [3.05, 3.63) is 70.8 Å². The molecule has 10 unspecified atom stereocenters. The molecule has 10 rings (SSSR count). The second kappa shape index (κ2) is 11.7. The maximum atomic E-state index is 10.1. The van der Waals surface area contributed by atoms with Crippen molar-refractivity contribution in [2.45, 2.75) is 73.0 Å². The molecular formula is C38H42N6O6. The van der Waals surface area contributed by atoms with Gasteiger partial charge in [0.15, 0.2) is 23.0 Å². The van der Waals surface area contributed by atoms with Crippen LogP contribution in [0.25, 0.3) is 0 Å². The Morgan fingerprint density at radius 1 is 0.740 bits per heavy atom. The molecule has 0 aromatic heterocycles. The second-order valence-electron chi connectivity index (χ2n) is 14.7. The number of benzene rings is 2. The van der Waals surface area contributed by atoms with E-state index < -0.39 is 12.2 Å². The summed E-state index contributed by atoms with van der Waals surface area (Å²) in [7, 11) is 3.30. The van der Waals surface area contributed by atoms with Crippen molar-refractivity contribution >= 4 is 0 Å². The Morgan fingerprint density at radius 3 is 1.58 bits per heavy atom. The van der Waals surface area contributed by atoms with E-state index in [9.17, 15) is 20.7 Å². The number of nitriles is 2. The third-order valence-corrected chi connectivity index (χ3v) is 12.5. The van der Waals surface area contributed by atoms with Crippen LogP contribution in [-0.4, -0.2) is 85.0 Å². The van der Waals surface area contributed by atoms with E-state index in [1.54, 1.807) is 14.2 Å². The van der Waals surface area contributed by atoms with Gasteiger partial charge in [-0.1, -0.05) is 36.4 Å². The second-order valence-corrected chi connectivity index (χ2v) is 14.7. The van der Waals surface area contributed by atoms with E-state index in [2.05, 4.69) is 57.3 Å². The zero-order chi connectivity index (χ0) is 34.4. The maximum absolute atomic E-state index is 10.1. The molecule has 6 aliphatic heterocycles. The van der Waals surface area contributed by atoms with Crippen LogP contribution in [0.3, 0.4) is 0 Å². The molecule has 10 atom stereocenters. The molecule has 0 saturated carbocycles. The molecule has 0 bridgehead atoms. The molecule has 6 heterocycles. The first-order valence-corrected chi connectivity index (χ1v) is 17.7. The van der Waals surface area contributed by atoms with Gasteiger partial charge in [0.25, 0.3) is 0 Å². The van der Waals surface area contributed by atoms with Crippen LogP contribution < -0.4 is 29.8 Å². The molecule has 50 heavy (non-hydrogen) atoms. The third-order valence-electron chi connectivity index (χ3n) is 12.5. The lowest BCUT2D eigenvalue weighted by molar-refractivity contribution is 0.0772. The average molecular weight is 679 g/mol. The van der Waals surface area contributed by atoms with Gasteiger partial charge in [0.2, 0.25) is 0 Å². The minimum atomic E-state index is -0.479. The molecule has 12 heteroatoms. The Hall–Kier alpha value is -4.14. The number of hydrogen-bond acceptors (Lipinski definition) is 12. The van der Waals surface area contributed by atoms with Crippen molar-refractivity contribution in [3.63, 3.8) is 0 Å². The summed E-state index contributed by atoms with van der Waals surface area (Å²) >= 11 is 0. The highest BCUT2D eigenvalue weighted by Crippen LogP contribution is 2.60. The summed E-state index contributed by atoms with van der Waals surface area (Å²) < 4.78 is 23.8. The maximum Gasteiger partial charge on any atom is 0.166 e. The smallest absolute Gasteiger partial charge is 0.166 e. The van der Waals surface area contributed by atoms with Gasteiger partial charge < -0.3 is 29.2 Å². The van der Waals surface area contributed by atoms with Crippen LogP contribution in [0.2, 0.25) is 0 Å². The number of rotatable bonds is 2. The lowest BCUT2D eigenvalue weighted by Gasteiger charge is -2.35. The van der Waals surface area contributed by atoms with Gasteiger partial charge >= 0.3 is 0 Å². The van der Waals surface area contributed by atoms with Gasteiger partial charge in [-0.25, -0.2) is 10.0 Å². The van der Waals surface area contributed by atoms with Crippen molar-refractivity contribution in [1.29, 1.82) is 10.5 Å². The zero-order valence-electron chi connectivity index (χ0n) is 28.2. The number of nitrogens with one attached hydrogen (secondary N) is 2. The fourth-order valence-electron chi connectivity index (χ4n) is 10.1. The number of nitrogens with zero attached hydrogens (tertiary/aromatic N) is 4. The van der Waals surface area contributed by atoms with Crippen molar-refractivity contribution in [3.8, 4) is 35.1 Å². The topological polar surface area (TPSA) is 156 Å². The molecular weight excluding hydrogens is 636 g/mol. The number of aliphatic hydroxyl groups excluding tert-OH is 2. The predicted molar refractivity (Wildman–Crippen MR) is 180 cm³/mol. The molecule has 0 amide bonds. The number of hydrazine groups is 2. The highest BCUT2D eigenvalue weighted by Gasteiger charge is 2.57. The van der Waals surface area contributed by atoms with Crippen molar-refractivity contribution < 1.29 is 29.2 Å². The normalized spacial score (nSPS) is 38.1. The van der Waals surface area contributed by atoms with Crippen LogP contribution >= 0.6 is 0 Å². The lowest BCUT2D eigenvalue weighted by Crippen LogP contribution is -2.43. The molecule has 2 saturated heterocycles. The third kappa shape index (κ3) is 4.37. The Balaban J connectivity index is 0.000000135. The number of hydrogen-bond donors (Lipinski definition) is 4. The lowest BCUT2D eigenvalue weighted by atomic mass is 9.68. The Bertz CT molecular complexity index is 1740. The first kappa shape index (κ1) is 31.8. The summed E-state index contributed by atoms with van der Waals surface area (Å²) in [4.78, 5) is 0. The van der Waals surface area contributed by atoms with E-state index in [1.807, 2.05) is 24.3 Å². The predicted octanol–water partition coefficient (Wildman–Crippen LogP) is 2.84. The van der Waals surface area contributed by atoms with E-state index in [1.165, 1.54) is 0 Å². The number of methoxy groups -OCH3 is 2. The van der Waals surface area contributed by atoms with Crippen molar-refractivity contribution in [2.24, 2.45) is 11.8 Å². The van der Waals surface area contributed by atoms with Gasteiger partial charge in [-0.15, -0.1) is 0 Å². The van der Waals surface area contributed by atoms with Crippen molar-refractivity contribution in [2.75, 3.05) is 40.4 Å². The van der Waals surface area contributed by atoms with Gasteiger partial charge in [0, 0.05) is 50.1 Å². The fraction of sp³-hybridized carbons (Fsp3) is 0.526. The van der Waals surface area contributed by atoms with Crippen molar-refractivity contribution in [1.82, 2.24) is 20.9 Å². The summed E-state index contributed by atoms with van der Waals surface area (Å²) in [6.07, 6.45) is 9.81. The molecule has 2 fully saturated rings. The molecule has 2 spiro atoms. The van der Waals surface area contributed by atoms with Gasteiger partial charge in [0.05, 0.1) is 73.3 Å². The molecule has 2 aromatic carbocycles. The van der Waals surface area contributed by atoms with Crippen LogP contribution in [0.5, 0.6) is 23.0 Å². The Morgan fingerprint density at radius 2 is 1.18 bits per heavy atom. The van der Waals surface area contributed by atoms with Crippen LogP contribution in [0.1, 0.15) is 60.0 Å². The highest BCUT2D eigenvalue weighted by molar-refractivity contribution is 5.63. The molecule has 4 N–H and O–H groups in total. The van der Waals surface area contributed by atoms with E-state index in [0.29, 0.717) is 25.9 Å². The molecule has 2 aromatic rings.